The summed E-state index contributed by atoms with van der Waals surface area (Å²) < 4.78 is 1.80. The van der Waals surface area contributed by atoms with E-state index in [0.29, 0.717) is 35.8 Å². The van der Waals surface area contributed by atoms with Crippen molar-refractivity contribution in [3.63, 3.8) is 0 Å². The molecule has 1 aromatic heterocycles. The second-order valence-corrected chi connectivity index (χ2v) is 7.56. The molecule has 7 heteroatoms. The number of anilines is 1. The van der Waals surface area contributed by atoms with Crippen molar-refractivity contribution < 1.29 is 4.79 Å². The van der Waals surface area contributed by atoms with Crippen molar-refractivity contribution >= 4 is 11.6 Å². The number of aromatic nitrogens is 4. The lowest BCUT2D eigenvalue weighted by Gasteiger charge is -2.21. The van der Waals surface area contributed by atoms with Crippen LogP contribution in [-0.4, -0.2) is 32.2 Å². The number of hydrogen-bond donors (Lipinski definition) is 2. The highest BCUT2D eigenvalue weighted by molar-refractivity contribution is 5.97. The van der Waals surface area contributed by atoms with Crippen LogP contribution in [0.2, 0.25) is 0 Å². The molecule has 1 saturated carbocycles. The fourth-order valence-corrected chi connectivity index (χ4v) is 2.74. The smallest absolute Gasteiger partial charge is 0.252 e. The monoisotopic (exact) mass is 356 g/mol. The van der Waals surface area contributed by atoms with Crippen molar-refractivity contribution in [1.29, 1.82) is 0 Å². The lowest BCUT2D eigenvalue weighted by molar-refractivity contribution is 0.0948. The summed E-state index contributed by atoms with van der Waals surface area (Å²) in [4.78, 5) is 12.7. The summed E-state index contributed by atoms with van der Waals surface area (Å²) in [6.07, 6.45) is 2.47. The maximum atomic E-state index is 12.7. The molecule has 7 nitrogen and oxygen atoms in total. The van der Waals surface area contributed by atoms with Gasteiger partial charge in [-0.05, 0) is 66.6 Å². The second-order valence-electron chi connectivity index (χ2n) is 7.56. The summed E-state index contributed by atoms with van der Waals surface area (Å²) in [6, 6.07) is 6.11. The molecule has 3 rings (SSSR count). The summed E-state index contributed by atoms with van der Waals surface area (Å²) in [5.41, 5.74) is 2.62. The van der Waals surface area contributed by atoms with Crippen LogP contribution in [0.4, 0.5) is 5.69 Å². The van der Waals surface area contributed by atoms with Crippen molar-refractivity contribution in [2.45, 2.75) is 59.7 Å². The molecule has 1 amide bonds. The van der Waals surface area contributed by atoms with Crippen molar-refractivity contribution in [2.24, 2.45) is 11.8 Å². The molecule has 1 heterocycles. The van der Waals surface area contributed by atoms with Gasteiger partial charge in [0.1, 0.15) is 0 Å². The first-order valence-corrected chi connectivity index (χ1v) is 9.35. The van der Waals surface area contributed by atoms with Crippen molar-refractivity contribution in [3.8, 4) is 0 Å². The SMILES string of the molecule is Cc1c(NC(C)C(C)C)cccc1C(=O)NCc1nnnn1CC1CC1. The Labute approximate surface area is 154 Å². The number of carbonyl (C=O) groups excluding carboxylic acids is 1. The van der Waals surface area contributed by atoms with E-state index in [1.807, 2.05) is 25.1 Å². The maximum absolute atomic E-state index is 12.7. The Balaban J connectivity index is 1.65. The van der Waals surface area contributed by atoms with Gasteiger partial charge in [0, 0.05) is 23.8 Å². The van der Waals surface area contributed by atoms with Gasteiger partial charge in [0.15, 0.2) is 5.82 Å². The van der Waals surface area contributed by atoms with Gasteiger partial charge >= 0.3 is 0 Å². The van der Waals surface area contributed by atoms with E-state index in [0.717, 1.165) is 17.8 Å². The molecule has 1 atom stereocenters. The number of tetrazole rings is 1. The van der Waals surface area contributed by atoms with E-state index in [1.165, 1.54) is 12.8 Å². The molecule has 0 bridgehead atoms. The first-order valence-electron chi connectivity index (χ1n) is 9.35. The molecule has 26 heavy (non-hydrogen) atoms. The van der Waals surface area contributed by atoms with Crippen LogP contribution >= 0.6 is 0 Å². The zero-order chi connectivity index (χ0) is 18.7. The lowest BCUT2D eigenvalue weighted by Crippen LogP contribution is -2.27. The molecule has 1 aliphatic rings. The maximum Gasteiger partial charge on any atom is 0.252 e. The highest BCUT2D eigenvalue weighted by Gasteiger charge is 2.24. The Morgan fingerprint density at radius 3 is 2.77 bits per heavy atom. The third-order valence-electron chi connectivity index (χ3n) is 5.10. The fraction of sp³-hybridized carbons (Fsp3) is 0.579. The third kappa shape index (κ3) is 4.39. The van der Waals surface area contributed by atoms with Crippen LogP contribution in [0.1, 0.15) is 55.4 Å². The summed E-state index contributed by atoms with van der Waals surface area (Å²) >= 11 is 0. The van der Waals surface area contributed by atoms with E-state index in [1.54, 1.807) is 4.68 Å². The van der Waals surface area contributed by atoms with E-state index in [2.05, 4.69) is 46.9 Å². The molecule has 0 radical (unpaired) electrons. The number of rotatable bonds is 8. The summed E-state index contributed by atoms with van der Waals surface area (Å²) in [7, 11) is 0. The number of nitrogens with zero attached hydrogens (tertiary/aromatic N) is 4. The van der Waals surface area contributed by atoms with Gasteiger partial charge in [-0.2, -0.15) is 0 Å². The summed E-state index contributed by atoms with van der Waals surface area (Å²) in [6.45, 7) is 9.64. The number of carbonyl (C=O) groups is 1. The molecular weight excluding hydrogens is 328 g/mol. The standard InChI is InChI=1S/C19H28N6O/c1-12(2)14(4)21-17-7-5-6-16(13(17)3)19(26)20-10-18-22-23-24-25(18)11-15-8-9-15/h5-7,12,14-15,21H,8-11H2,1-4H3,(H,20,26). The van der Waals surface area contributed by atoms with Gasteiger partial charge in [0.05, 0.1) is 6.54 Å². The minimum atomic E-state index is -0.107. The van der Waals surface area contributed by atoms with Gasteiger partial charge < -0.3 is 10.6 Å². The largest absolute Gasteiger partial charge is 0.382 e. The quantitative estimate of drug-likeness (QED) is 0.760. The van der Waals surface area contributed by atoms with Crippen LogP contribution in [0.15, 0.2) is 18.2 Å². The number of hydrogen-bond acceptors (Lipinski definition) is 5. The molecule has 0 aliphatic heterocycles. The predicted octanol–water partition coefficient (Wildman–Crippen LogP) is 2.78. The normalized spacial score (nSPS) is 15.1. The molecule has 1 unspecified atom stereocenters. The number of amides is 1. The Hall–Kier alpha value is -2.44. The first-order chi connectivity index (χ1) is 12.5. The molecule has 0 saturated heterocycles. The van der Waals surface area contributed by atoms with Crippen LogP contribution in [0.3, 0.4) is 0 Å². The molecule has 1 fully saturated rings. The minimum Gasteiger partial charge on any atom is -0.382 e. The Bertz CT molecular complexity index is 765. The molecule has 0 spiro atoms. The molecular formula is C19H28N6O. The van der Waals surface area contributed by atoms with Gasteiger partial charge in [-0.25, -0.2) is 4.68 Å². The van der Waals surface area contributed by atoms with E-state index in [4.69, 9.17) is 0 Å². The van der Waals surface area contributed by atoms with Crippen molar-refractivity contribution in [1.82, 2.24) is 25.5 Å². The summed E-state index contributed by atoms with van der Waals surface area (Å²) in [5, 5.41) is 18.2. The molecule has 2 N–H and O–H groups in total. The van der Waals surface area contributed by atoms with Crippen molar-refractivity contribution in [3.05, 3.63) is 35.2 Å². The highest BCUT2D eigenvalue weighted by Crippen LogP contribution is 2.30. The van der Waals surface area contributed by atoms with Gasteiger partial charge in [0.2, 0.25) is 0 Å². The average molecular weight is 356 g/mol. The van der Waals surface area contributed by atoms with Gasteiger partial charge in [0.25, 0.3) is 5.91 Å². The van der Waals surface area contributed by atoms with Crippen LogP contribution in [0.25, 0.3) is 0 Å². The zero-order valence-corrected chi connectivity index (χ0v) is 16.0. The van der Waals surface area contributed by atoms with E-state index >= 15 is 0 Å². The first kappa shape index (κ1) is 18.4. The van der Waals surface area contributed by atoms with Crippen LogP contribution in [-0.2, 0) is 13.1 Å². The zero-order valence-electron chi connectivity index (χ0n) is 16.0. The summed E-state index contributed by atoms with van der Waals surface area (Å²) in [5.74, 6) is 1.79. The van der Waals surface area contributed by atoms with Gasteiger partial charge in [-0.15, -0.1) is 5.10 Å². The molecule has 1 aromatic carbocycles. The highest BCUT2D eigenvalue weighted by atomic mass is 16.1. The predicted molar refractivity (Wildman–Crippen MR) is 101 cm³/mol. The average Bonchev–Trinajstić information content (AvgIpc) is 3.31. The second kappa shape index (κ2) is 7.85. The Morgan fingerprint density at radius 1 is 1.31 bits per heavy atom. The fourth-order valence-electron chi connectivity index (χ4n) is 2.74. The van der Waals surface area contributed by atoms with Crippen molar-refractivity contribution in [2.75, 3.05) is 5.32 Å². The minimum absolute atomic E-state index is 0.107. The molecule has 1 aliphatic carbocycles. The third-order valence-corrected chi connectivity index (χ3v) is 5.10. The van der Waals surface area contributed by atoms with E-state index < -0.39 is 0 Å². The van der Waals surface area contributed by atoms with Crippen LogP contribution in [0, 0.1) is 18.8 Å². The number of benzene rings is 1. The Morgan fingerprint density at radius 2 is 2.08 bits per heavy atom. The Kier molecular flexibility index (Phi) is 5.54. The topological polar surface area (TPSA) is 84.7 Å². The molecule has 2 aromatic rings. The van der Waals surface area contributed by atoms with E-state index in [9.17, 15) is 4.79 Å². The van der Waals surface area contributed by atoms with Crippen LogP contribution < -0.4 is 10.6 Å². The molecule has 140 valence electrons. The lowest BCUT2D eigenvalue weighted by atomic mass is 10.0. The van der Waals surface area contributed by atoms with Gasteiger partial charge in [-0.1, -0.05) is 19.9 Å². The van der Waals surface area contributed by atoms with Gasteiger partial charge in [-0.3, -0.25) is 4.79 Å². The van der Waals surface area contributed by atoms with E-state index in [-0.39, 0.29) is 5.91 Å². The number of nitrogens with one attached hydrogen (secondary N) is 2. The van der Waals surface area contributed by atoms with Crippen LogP contribution in [0.5, 0.6) is 0 Å².